The van der Waals surface area contributed by atoms with Crippen LogP contribution < -0.4 is 5.32 Å². The van der Waals surface area contributed by atoms with E-state index in [4.69, 9.17) is 0 Å². The summed E-state index contributed by atoms with van der Waals surface area (Å²) >= 11 is 0. The third kappa shape index (κ3) is 3.07. The van der Waals surface area contributed by atoms with Crippen molar-refractivity contribution in [3.8, 4) is 0 Å². The molecule has 0 saturated heterocycles. The summed E-state index contributed by atoms with van der Waals surface area (Å²) in [6, 6.07) is 10.3. The number of hydrogen-bond donors (Lipinski definition) is 1. The third-order valence-electron chi connectivity index (χ3n) is 5.13. The fraction of sp³-hybridized carbons (Fsp3) is 0.667. The van der Waals surface area contributed by atoms with E-state index in [-0.39, 0.29) is 0 Å². The van der Waals surface area contributed by atoms with Crippen LogP contribution in [0.3, 0.4) is 0 Å². The monoisotopic (exact) mass is 272 g/mol. The van der Waals surface area contributed by atoms with Crippen LogP contribution in [-0.4, -0.2) is 30.6 Å². The van der Waals surface area contributed by atoms with Gasteiger partial charge in [0.1, 0.15) is 0 Å². The first-order valence-electron chi connectivity index (χ1n) is 8.43. The zero-order chi connectivity index (χ0) is 13.8. The Morgan fingerprint density at radius 2 is 1.95 bits per heavy atom. The largest absolute Gasteiger partial charge is 0.309 e. The lowest BCUT2D eigenvalue weighted by molar-refractivity contribution is 0.146. The van der Waals surface area contributed by atoms with Crippen molar-refractivity contribution in [3.63, 3.8) is 0 Å². The fourth-order valence-corrected chi connectivity index (χ4v) is 3.97. The lowest BCUT2D eigenvalue weighted by Gasteiger charge is -2.38. The van der Waals surface area contributed by atoms with Crippen molar-refractivity contribution < 1.29 is 0 Å². The van der Waals surface area contributed by atoms with E-state index < -0.39 is 0 Å². The number of nitrogens with zero attached hydrogens (tertiary/aromatic N) is 1. The summed E-state index contributed by atoms with van der Waals surface area (Å²) in [5.41, 5.74) is 3.09. The average molecular weight is 272 g/mol. The molecule has 1 aliphatic carbocycles. The number of rotatable bonds is 4. The summed E-state index contributed by atoms with van der Waals surface area (Å²) < 4.78 is 0. The van der Waals surface area contributed by atoms with Crippen LogP contribution in [-0.2, 0) is 6.42 Å². The van der Waals surface area contributed by atoms with Crippen molar-refractivity contribution >= 4 is 0 Å². The molecule has 1 aromatic rings. The molecule has 0 amide bonds. The summed E-state index contributed by atoms with van der Waals surface area (Å²) in [4.78, 5) is 2.72. The number of nitrogens with one attached hydrogen (secondary N) is 1. The number of likely N-dealkylation sites (N-methyl/N-ethyl adjacent to an activating group) is 1. The molecule has 1 atom stereocenters. The van der Waals surface area contributed by atoms with Crippen LogP contribution in [0.1, 0.15) is 56.2 Å². The number of benzene rings is 1. The van der Waals surface area contributed by atoms with Gasteiger partial charge in [0.05, 0.1) is 0 Å². The SMILES string of the molecule is CCN(CC1NCCc2ccccc21)C1CCCCC1. The molecule has 110 valence electrons. The van der Waals surface area contributed by atoms with Gasteiger partial charge in [-0.25, -0.2) is 0 Å². The Morgan fingerprint density at radius 1 is 1.15 bits per heavy atom. The fourth-order valence-electron chi connectivity index (χ4n) is 3.97. The molecule has 1 unspecified atom stereocenters. The van der Waals surface area contributed by atoms with E-state index in [9.17, 15) is 0 Å². The minimum absolute atomic E-state index is 0.529. The first-order chi connectivity index (χ1) is 9.88. The van der Waals surface area contributed by atoms with Crippen molar-refractivity contribution in [3.05, 3.63) is 35.4 Å². The Hall–Kier alpha value is -0.860. The topological polar surface area (TPSA) is 15.3 Å². The Labute approximate surface area is 123 Å². The Balaban J connectivity index is 1.70. The van der Waals surface area contributed by atoms with Crippen LogP contribution >= 0.6 is 0 Å². The van der Waals surface area contributed by atoms with Crippen LogP contribution in [0.4, 0.5) is 0 Å². The zero-order valence-electron chi connectivity index (χ0n) is 12.8. The Kier molecular flexibility index (Phi) is 4.74. The van der Waals surface area contributed by atoms with E-state index in [0.717, 1.165) is 12.6 Å². The summed E-state index contributed by atoms with van der Waals surface area (Å²) in [7, 11) is 0. The summed E-state index contributed by atoms with van der Waals surface area (Å²) in [5, 5.41) is 3.74. The van der Waals surface area contributed by atoms with Gasteiger partial charge in [-0.1, -0.05) is 50.5 Å². The molecule has 1 saturated carbocycles. The predicted octanol–water partition coefficient (Wildman–Crippen LogP) is 3.53. The molecule has 1 N–H and O–H groups in total. The number of fused-ring (bicyclic) bond motifs is 1. The van der Waals surface area contributed by atoms with Gasteiger partial charge in [0.2, 0.25) is 0 Å². The van der Waals surface area contributed by atoms with Gasteiger partial charge >= 0.3 is 0 Å². The molecule has 0 spiro atoms. The van der Waals surface area contributed by atoms with Gasteiger partial charge in [-0.3, -0.25) is 4.90 Å². The van der Waals surface area contributed by atoms with Gasteiger partial charge in [0, 0.05) is 18.6 Å². The highest BCUT2D eigenvalue weighted by atomic mass is 15.2. The van der Waals surface area contributed by atoms with Crippen LogP contribution in [0.5, 0.6) is 0 Å². The van der Waals surface area contributed by atoms with Gasteiger partial charge in [-0.05, 0) is 43.5 Å². The molecule has 1 aromatic carbocycles. The van der Waals surface area contributed by atoms with Gasteiger partial charge in [-0.15, -0.1) is 0 Å². The van der Waals surface area contributed by atoms with E-state index in [1.165, 1.54) is 57.2 Å². The van der Waals surface area contributed by atoms with Crippen molar-refractivity contribution in [2.24, 2.45) is 0 Å². The van der Waals surface area contributed by atoms with Gasteiger partial charge < -0.3 is 5.32 Å². The van der Waals surface area contributed by atoms with Crippen LogP contribution in [0.2, 0.25) is 0 Å². The van der Waals surface area contributed by atoms with Gasteiger partial charge in [0.25, 0.3) is 0 Å². The molecule has 0 bridgehead atoms. The van der Waals surface area contributed by atoms with Crippen molar-refractivity contribution in [1.82, 2.24) is 10.2 Å². The molecule has 2 nitrogen and oxygen atoms in total. The first-order valence-corrected chi connectivity index (χ1v) is 8.43. The molecule has 0 aromatic heterocycles. The summed E-state index contributed by atoms with van der Waals surface area (Å²) in [6.07, 6.45) is 8.29. The second-order valence-corrected chi connectivity index (χ2v) is 6.33. The smallest absolute Gasteiger partial charge is 0.0452 e. The maximum Gasteiger partial charge on any atom is 0.0452 e. The highest BCUT2D eigenvalue weighted by Crippen LogP contribution is 2.27. The Bertz CT molecular complexity index is 423. The second-order valence-electron chi connectivity index (χ2n) is 6.33. The highest BCUT2D eigenvalue weighted by Gasteiger charge is 2.25. The maximum atomic E-state index is 3.74. The molecule has 20 heavy (non-hydrogen) atoms. The van der Waals surface area contributed by atoms with Crippen LogP contribution in [0.25, 0.3) is 0 Å². The molecule has 3 rings (SSSR count). The molecule has 2 heteroatoms. The Morgan fingerprint density at radius 3 is 2.75 bits per heavy atom. The lowest BCUT2D eigenvalue weighted by atomic mass is 9.91. The zero-order valence-corrected chi connectivity index (χ0v) is 12.8. The number of hydrogen-bond acceptors (Lipinski definition) is 2. The van der Waals surface area contributed by atoms with E-state index in [0.29, 0.717) is 6.04 Å². The molecule has 1 heterocycles. The van der Waals surface area contributed by atoms with Gasteiger partial charge in [-0.2, -0.15) is 0 Å². The van der Waals surface area contributed by atoms with Crippen LogP contribution in [0.15, 0.2) is 24.3 Å². The van der Waals surface area contributed by atoms with Gasteiger partial charge in [0.15, 0.2) is 0 Å². The highest BCUT2D eigenvalue weighted by molar-refractivity contribution is 5.32. The van der Waals surface area contributed by atoms with Crippen molar-refractivity contribution in [1.29, 1.82) is 0 Å². The van der Waals surface area contributed by atoms with E-state index in [1.54, 1.807) is 5.56 Å². The minimum atomic E-state index is 0.529. The molecule has 0 radical (unpaired) electrons. The second kappa shape index (κ2) is 6.73. The summed E-state index contributed by atoms with van der Waals surface area (Å²) in [5.74, 6) is 0. The molecule has 2 aliphatic rings. The molecule has 1 fully saturated rings. The van der Waals surface area contributed by atoms with E-state index in [1.807, 2.05) is 0 Å². The molecular weight excluding hydrogens is 244 g/mol. The standard InChI is InChI=1S/C18H28N2/c1-2-20(16-9-4-3-5-10-16)14-18-17-11-7-6-8-15(17)12-13-19-18/h6-8,11,16,18-19H,2-5,9-10,12-14H2,1H3. The van der Waals surface area contributed by atoms with Crippen molar-refractivity contribution in [2.75, 3.05) is 19.6 Å². The average Bonchev–Trinajstić information content (AvgIpc) is 2.53. The first kappa shape index (κ1) is 14.1. The molecule has 1 aliphatic heterocycles. The van der Waals surface area contributed by atoms with E-state index >= 15 is 0 Å². The van der Waals surface area contributed by atoms with E-state index in [2.05, 4.69) is 41.4 Å². The van der Waals surface area contributed by atoms with Crippen LogP contribution in [0, 0.1) is 0 Å². The predicted molar refractivity (Wildman–Crippen MR) is 85.0 cm³/mol. The quantitative estimate of drug-likeness (QED) is 0.902. The third-order valence-corrected chi connectivity index (χ3v) is 5.13. The minimum Gasteiger partial charge on any atom is -0.309 e. The maximum absolute atomic E-state index is 3.74. The molecular formula is C18H28N2. The lowest BCUT2D eigenvalue weighted by Crippen LogP contribution is -2.44. The van der Waals surface area contributed by atoms with Crippen molar-refractivity contribution in [2.45, 2.75) is 57.5 Å². The normalized spacial score (nSPS) is 23.8. The summed E-state index contributed by atoms with van der Waals surface area (Å²) in [6.45, 7) is 5.82.